The highest BCUT2D eigenvalue weighted by Crippen LogP contribution is 2.28. The maximum Gasteiger partial charge on any atom is 0.257 e. The number of nitrogens with zero attached hydrogens (tertiary/aromatic N) is 4. The van der Waals surface area contributed by atoms with E-state index < -0.39 is 5.82 Å². The van der Waals surface area contributed by atoms with Gasteiger partial charge in [-0.15, -0.1) is 10.2 Å². The first-order valence-electron chi connectivity index (χ1n) is 11.2. The average Bonchev–Trinajstić information content (AvgIpc) is 3.08. The molecule has 3 heterocycles. The van der Waals surface area contributed by atoms with Crippen molar-refractivity contribution < 1.29 is 9.18 Å². The Morgan fingerprint density at radius 2 is 1.85 bits per heavy atom. The number of rotatable bonds is 4. The van der Waals surface area contributed by atoms with Gasteiger partial charge in [0.2, 0.25) is 0 Å². The molecule has 2 aromatic carbocycles. The number of carbonyl (C=O) groups excluding carboxylic acids is 1. The highest BCUT2D eigenvalue weighted by Gasteiger charge is 2.20. The zero-order valence-electron chi connectivity index (χ0n) is 18.4. The number of nitrogens with one attached hydrogen (secondary N) is 1. The Labute approximate surface area is 191 Å². The van der Waals surface area contributed by atoms with Crippen LogP contribution >= 0.6 is 0 Å². The summed E-state index contributed by atoms with van der Waals surface area (Å²) in [5.74, 6) is 0.705. The van der Waals surface area contributed by atoms with Gasteiger partial charge in [-0.05, 0) is 50.1 Å². The third-order valence-corrected chi connectivity index (χ3v) is 5.97. The average molecular weight is 442 g/mol. The molecule has 6 nitrogen and oxygen atoms in total. The molecule has 0 radical (unpaired) electrons. The Morgan fingerprint density at radius 1 is 1.00 bits per heavy atom. The Balaban J connectivity index is 1.40. The number of hydrogen-bond acceptors (Lipinski definition) is 4. The van der Waals surface area contributed by atoms with Gasteiger partial charge in [-0.3, -0.25) is 9.78 Å². The first-order valence-corrected chi connectivity index (χ1v) is 11.2. The quantitative estimate of drug-likeness (QED) is 0.458. The minimum Gasteiger partial charge on any atom is -0.322 e. The first kappa shape index (κ1) is 21.0. The summed E-state index contributed by atoms with van der Waals surface area (Å²) in [5, 5.41) is 11.4. The van der Waals surface area contributed by atoms with Crippen LogP contribution in [0.3, 0.4) is 0 Å². The Hall–Kier alpha value is -3.87. The molecule has 1 amide bonds. The smallest absolute Gasteiger partial charge is 0.257 e. The van der Waals surface area contributed by atoms with E-state index in [1.165, 1.54) is 6.07 Å². The third kappa shape index (κ3) is 4.26. The first-order chi connectivity index (χ1) is 16.1. The van der Waals surface area contributed by atoms with Crippen molar-refractivity contribution in [3.05, 3.63) is 83.6 Å². The molecule has 0 fully saturated rings. The van der Waals surface area contributed by atoms with Gasteiger partial charge in [0.1, 0.15) is 11.6 Å². The zero-order valence-corrected chi connectivity index (χ0v) is 18.4. The van der Waals surface area contributed by atoms with Crippen molar-refractivity contribution in [1.82, 2.24) is 19.7 Å². The summed E-state index contributed by atoms with van der Waals surface area (Å²) in [5.41, 5.74) is 3.72. The van der Waals surface area contributed by atoms with Crippen molar-refractivity contribution in [1.29, 1.82) is 0 Å². The van der Waals surface area contributed by atoms with Gasteiger partial charge in [0.05, 0.1) is 22.5 Å². The molecule has 2 aromatic heterocycles. The molecular formula is C26H24FN5O. The Morgan fingerprint density at radius 3 is 2.67 bits per heavy atom. The predicted octanol–water partition coefficient (Wildman–Crippen LogP) is 5.43. The number of anilines is 1. The maximum atomic E-state index is 14.7. The van der Waals surface area contributed by atoms with Gasteiger partial charge >= 0.3 is 0 Å². The lowest BCUT2D eigenvalue weighted by molar-refractivity contribution is 0.102. The molecule has 5 rings (SSSR count). The highest BCUT2D eigenvalue weighted by atomic mass is 19.1. The largest absolute Gasteiger partial charge is 0.322 e. The summed E-state index contributed by atoms with van der Waals surface area (Å²) >= 11 is 0. The summed E-state index contributed by atoms with van der Waals surface area (Å²) in [6, 6.07) is 17.9. The number of carbonyl (C=O) groups is 1. The van der Waals surface area contributed by atoms with E-state index in [4.69, 9.17) is 0 Å². The van der Waals surface area contributed by atoms with Crippen molar-refractivity contribution in [2.24, 2.45) is 0 Å². The minimum absolute atomic E-state index is 0.294. The van der Waals surface area contributed by atoms with Crippen molar-refractivity contribution >= 4 is 11.6 Å². The molecule has 0 atom stereocenters. The SMILES string of the molecule is Cc1nc(-c2ccccc2)ccc1C(=O)Nc1ccc(F)c(-c2nnc3n2CCCCC3)c1. The number of fused-ring (bicyclic) bond motifs is 1. The summed E-state index contributed by atoms with van der Waals surface area (Å²) in [4.78, 5) is 17.6. The molecule has 1 aliphatic rings. The number of benzene rings is 2. The monoisotopic (exact) mass is 441 g/mol. The van der Waals surface area contributed by atoms with Gasteiger partial charge < -0.3 is 9.88 Å². The van der Waals surface area contributed by atoms with Crippen LogP contribution in [0.1, 0.15) is 41.1 Å². The molecule has 0 bridgehead atoms. The molecule has 0 spiro atoms. The topological polar surface area (TPSA) is 72.7 Å². The third-order valence-electron chi connectivity index (χ3n) is 5.97. The van der Waals surface area contributed by atoms with Gasteiger partial charge in [-0.2, -0.15) is 0 Å². The van der Waals surface area contributed by atoms with Crippen molar-refractivity contribution in [2.75, 3.05) is 5.32 Å². The Kier molecular flexibility index (Phi) is 5.69. The van der Waals surface area contributed by atoms with Crippen molar-refractivity contribution in [3.8, 4) is 22.6 Å². The number of aryl methyl sites for hydroxylation is 2. The Bertz CT molecular complexity index is 1320. The summed E-state index contributed by atoms with van der Waals surface area (Å²) in [7, 11) is 0. The molecular weight excluding hydrogens is 417 g/mol. The lowest BCUT2D eigenvalue weighted by Crippen LogP contribution is -2.14. The van der Waals surface area contributed by atoms with Crippen molar-refractivity contribution in [2.45, 2.75) is 39.2 Å². The van der Waals surface area contributed by atoms with Crippen LogP contribution in [-0.4, -0.2) is 25.7 Å². The fraction of sp³-hybridized carbons (Fsp3) is 0.231. The second kappa shape index (κ2) is 8.94. The fourth-order valence-corrected chi connectivity index (χ4v) is 4.23. The number of hydrogen-bond donors (Lipinski definition) is 1. The van der Waals surface area contributed by atoms with Gasteiger partial charge in [-0.1, -0.05) is 36.8 Å². The normalized spacial score (nSPS) is 13.3. The van der Waals surface area contributed by atoms with E-state index in [1.54, 1.807) is 18.2 Å². The van der Waals surface area contributed by atoms with Crippen molar-refractivity contribution in [3.63, 3.8) is 0 Å². The van der Waals surface area contributed by atoms with E-state index in [1.807, 2.05) is 47.9 Å². The van der Waals surface area contributed by atoms with E-state index in [0.717, 1.165) is 49.3 Å². The van der Waals surface area contributed by atoms with E-state index in [2.05, 4.69) is 20.5 Å². The summed E-state index contributed by atoms with van der Waals surface area (Å²) in [6.45, 7) is 2.58. The molecule has 4 aromatic rings. The van der Waals surface area contributed by atoms with Crippen LogP contribution in [0, 0.1) is 12.7 Å². The van der Waals surface area contributed by atoms with Gasteiger partial charge in [0.25, 0.3) is 5.91 Å². The number of halogens is 1. The zero-order chi connectivity index (χ0) is 22.8. The van der Waals surface area contributed by atoms with E-state index in [9.17, 15) is 9.18 Å². The van der Waals surface area contributed by atoms with Crippen LogP contribution in [0.15, 0.2) is 60.7 Å². The standard InChI is InChI=1S/C26H24FN5O/c1-17-20(12-14-23(28-17)18-8-4-2-5-9-18)26(33)29-19-11-13-22(27)21(16-19)25-31-30-24-10-6-3-7-15-32(24)25/h2,4-5,8-9,11-14,16H,3,6-7,10,15H2,1H3,(H,29,33). The second-order valence-electron chi connectivity index (χ2n) is 8.25. The van der Waals surface area contributed by atoms with E-state index in [-0.39, 0.29) is 5.91 Å². The van der Waals surface area contributed by atoms with E-state index >= 15 is 0 Å². The second-order valence-corrected chi connectivity index (χ2v) is 8.25. The lowest BCUT2D eigenvalue weighted by atomic mass is 10.1. The van der Waals surface area contributed by atoms with Gasteiger partial charge in [0.15, 0.2) is 5.82 Å². The van der Waals surface area contributed by atoms with Crippen LogP contribution < -0.4 is 5.32 Å². The van der Waals surface area contributed by atoms with Crippen LogP contribution in [0.25, 0.3) is 22.6 Å². The highest BCUT2D eigenvalue weighted by molar-refractivity contribution is 6.05. The maximum absolute atomic E-state index is 14.7. The number of aromatic nitrogens is 4. The lowest BCUT2D eigenvalue weighted by Gasteiger charge is -2.12. The summed E-state index contributed by atoms with van der Waals surface area (Å²) in [6.07, 6.45) is 4.04. The number of amides is 1. The minimum atomic E-state index is -0.391. The molecule has 33 heavy (non-hydrogen) atoms. The van der Waals surface area contributed by atoms with Crippen LogP contribution in [-0.2, 0) is 13.0 Å². The van der Waals surface area contributed by atoms with Gasteiger partial charge in [-0.25, -0.2) is 4.39 Å². The van der Waals surface area contributed by atoms with E-state index in [0.29, 0.717) is 28.3 Å². The van der Waals surface area contributed by atoms with Crippen LogP contribution in [0.4, 0.5) is 10.1 Å². The molecule has 166 valence electrons. The summed E-state index contributed by atoms with van der Waals surface area (Å²) < 4.78 is 16.7. The van der Waals surface area contributed by atoms with Crippen LogP contribution in [0.5, 0.6) is 0 Å². The molecule has 1 N–H and O–H groups in total. The van der Waals surface area contributed by atoms with Gasteiger partial charge in [0, 0.05) is 24.2 Å². The molecule has 1 aliphatic heterocycles. The molecule has 0 unspecified atom stereocenters. The molecule has 7 heteroatoms. The molecule has 0 saturated heterocycles. The predicted molar refractivity (Wildman–Crippen MR) is 125 cm³/mol. The fourth-order valence-electron chi connectivity index (χ4n) is 4.23. The number of pyridine rings is 1. The van der Waals surface area contributed by atoms with Crippen LogP contribution in [0.2, 0.25) is 0 Å². The molecule has 0 saturated carbocycles. The molecule has 0 aliphatic carbocycles.